The number of aryl methyl sites for hydroxylation is 1. The average Bonchev–Trinajstić information content (AvgIpc) is 2.63. The summed E-state index contributed by atoms with van der Waals surface area (Å²) in [7, 11) is 0. The van der Waals surface area contributed by atoms with Gasteiger partial charge in [-0.25, -0.2) is 0 Å². The molecule has 1 amide bonds. The van der Waals surface area contributed by atoms with Crippen molar-refractivity contribution in [1.82, 2.24) is 5.32 Å². The first-order valence-corrected chi connectivity index (χ1v) is 9.23. The fourth-order valence-electron chi connectivity index (χ4n) is 2.41. The number of nitrogens with one attached hydrogen (secondary N) is 1. The number of thioether (sulfide) groups is 1. The molecule has 0 aliphatic heterocycles. The van der Waals surface area contributed by atoms with Gasteiger partial charge in [0.1, 0.15) is 5.58 Å². The molecule has 0 radical (unpaired) electrons. The highest BCUT2D eigenvalue weighted by molar-refractivity contribution is 7.98. The van der Waals surface area contributed by atoms with Crippen molar-refractivity contribution >= 4 is 28.6 Å². The van der Waals surface area contributed by atoms with Gasteiger partial charge in [-0.3, -0.25) is 9.59 Å². The Morgan fingerprint density at radius 3 is 2.68 bits per heavy atom. The monoisotopic (exact) mass is 353 g/mol. The molecule has 1 aromatic heterocycles. The van der Waals surface area contributed by atoms with E-state index in [4.69, 9.17) is 4.42 Å². The van der Waals surface area contributed by atoms with E-state index in [1.165, 1.54) is 17.2 Å². The normalized spacial score (nSPS) is 10.8. The standard InChI is InChI=1S/C20H19NO3S/c1-14-6-8-15(9-7-14)13-25-11-10-21-20(23)19-12-17(22)16-4-2-3-5-18(16)24-19/h2-9,12H,10-11,13H2,1H3,(H,21,23). The summed E-state index contributed by atoms with van der Waals surface area (Å²) >= 11 is 1.75. The van der Waals surface area contributed by atoms with Crippen LogP contribution in [0.15, 0.2) is 63.8 Å². The van der Waals surface area contributed by atoms with Gasteiger partial charge in [0.25, 0.3) is 5.91 Å². The summed E-state index contributed by atoms with van der Waals surface area (Å²) in [5.41, 5.74) is 2.73. The molecule has 0 unspecified atom stereocenters. The Morgan fingerprint density at radius 2 is 1.88 bits per heavy atom. The number of rotatable bonds is 6. The van der Waals surface area contributed by atoms with Crippen LogP contribution in [0, 0.1) is 6.92 Å². The van der Waals surface area contributed by atoms with Gasteiger partial charge in [0.05, 0.1) is 5.39 Å². The highest BCUT2D eigenvalue weighted by Gasteiger charge is 2.11. The van der Waals surface area contributed by atoms with E-state index in [1.807, 2.05) is 0 Å². The first-order chi connectivity index (χ1) is 12.1. The molecule has 128 valence electrons. The SMILES string of the molecule is Cc1ccc(CSCCNC(=O)c2cc(=O)c3ccccc3o2)cc1. The predicted octanol–water partition coefficient (Wildman–Crippen LogP) is 3.76. The number of fused-ring (bicyclic) bond motifs is 1. The molecule has 0 bridgehead atoms. The van der Waals surface area contributed by atoms with Crippen molar-refractivity contribution < 1.29 is 9.21 Å². The van der Waals surface area contributed by atoms with E-state index in [1.54, 1.807) is 36.0 Å². The van der Waals surface area contributed by atoms with Crippen LogP contribution >= 0.6 is 11.8 Å². The van der Waals surface area contributed by atoms with Crippen LogP contribution in [-0.2, 0) is 5.75 Å². The maximum absolute atomic E-state index is 12.2. The maximum atomic E-state index is 12.2. The molecular weight excluding hydrogens is 334 g/mol. The summed E-state index contributed by atoms with van der Waals surface area (Å²) in [6, 6.07) is 16.6. The zero-order chi connectivity index (χ0) is 17.6. The van der Waals surface area contributed by atoms with E-state index in [9.17, 15) is 9.59 Å². The van der Waals surface area contributed by atoms with Crippen LogP contribution in [0.25, 0.3) is 11.0 Å². The molecule has 2 aromatic carbocycles. The number of carbonyl (C=O) groups is 1. The predicted molar refractivity (Wildman–Crippen MR) is 102 cm³/mol. The number of hydrogen-bond donors (Lipinski definition) is 1. The van der Waals surface area contributed by atoms with Gasteiger partial charge < -0.3 is 9.73 Å². The van der Waals surface area contributed by atoms with Crippen molar-refractivity contribution in [1.29, 1.82) is 0 Å². The van der Waals surface area contributed by atoms with E-state index in [2.05, 4.69) is 36.5 Å². The molecule has 5 heteroatoms. The van der Waals surface area contributed by atoms with Gasteiger partial charge in [0.15, 0.2) is 11.2 Å². The Balaban J connectivity index is 1.51. The second-order valence-electron chi connectivity index (χ2n) is 5.77. The molecule has 0 atom stereocenters. The van der Waals surface area contributed by atoms with Gasteiger partial charge in [-0.1, -0.05) is 42.0 Å². The third kappa shape index (κ3) is 4.51. The Bertz CT molecular complexity index is 932. The average molecular weight is 353 g/mol. The van der Waals surface area contributed by atoms with Gasteiger partial charge in [0, 0.05) is 24.1 Å². The third-order valence-electron chi connectivity index (χ3n) is 3.78. The van der Waals surface area contributed by atoms with E-state index in [0.717, 1.165) is 11.5 Å². The minimum absolute atomic E-state index is 0.0484. The molecule has 0 aliphatic rings. The van der Waals surface area contributed by atoms with Gasteiger partial charge >= 0.3 is 0 Å². The summed E-state index contributed by atoms with van der Waals surface area (Å²) < 4.78 is 5.52. The van der Waals surface area contributed by atoms with Crippen LogP contribution in [0.3, 0.4) is 0 Å². The second kappa shape index (κ2) is 8.03. The lowest BCUT2D eigenvalue weighted by atomic mass is 10.2. The van der Waals surface area contributed by atoms with Crippen molar-refractivity contribution in [2.45, 2.75) is 12.7 Å². The summed E-state index contributed by atoms with van der Waals surface area (Å²) in [4.78, 5) is 24.2. The van der Waals surface area contributed by atoms with Gasteiger partial charge in [-0.15, -0.1) is 0 Å². The summed E-state index contributed by atoms with van der Waals surface area (Å²) in [6.07, 6.45) is 0. The number of para-hydroxylation sites is 1. The van der Waals surface area contributed by atoms with E-state index >= 15 is 0 Å². The molecule has 1 N–H and O–H groups in total. The largest absolute Gasteiger partial charge is 0.451 e. The number of benzene rings is 2. The number of amides is 1. The first kappa shape index (κ1) is 17.3. The van der Waals surface area contributed by atoms with E-state index < -0.39 is 0 Å². The van der Waals surface area contributed by atoms with E-state index in [0.29, 0.717) is 17.5 Å². The molecule has 0 saturated heterocycles. The van der Waals surface area contributed by atoms with Crippen LogP contribution in [0.5, 0.6) is 0 Å². The fourth-order valence-corrected chi connectivity index (χ4v) is 3.23. The zero-order valence-corrected chi connectivity index (χ0v) is 14.8. The molecular formula is C20H19NO3S. The summed E-state index contributed by atoms with van der Waals surface area (Å²) in [5.74, 6) is 1.38. The third-order valence-corrected chi connectivity index (χ3v) is 4.81. The van der Waals surface area contributed by atoms with Gasteiger partial charge in [0.2, 0.25) is 0 Å². The van der Waals surface area contributed by atoms with Crippen molar-refractivity contribution in [3.05, 3.63) is 81.7 Å². The Hall–Kier alpha value is -2.53. The van der Waals surface area contributed by atoms with Crippen molar-refractivity contribution in [3.8, 4) is 0 Å². The minimum atomic E-state index is -0.362. The number of hydrogen-bond acceptors (Lipinski definition) is 4. The van der Waals surface area contributed by atoms with Crippen LogP contribution in [0.2, 0.25) is 0 Å². The molecule has 0 fully saturated rings. The second-order valence-corrected chi connectivity index (χ2v) is 6.87. The molecule has 0 aliphatic carbocycles. The molecule has 4 nitrogen and oxygen atoms in total. The zero-order valence-electron chi connectivity index (χ0n) is 14.0. The number of carbonyl (C=O) groups excluding carboxylic acids is 1. The topological polar surface area (TPSA) is 59.3 Å². The van der Waals surface area contributed by atoms with Crippen LogP contribution in [0.1, 0.15) is 21.7 Å². The lowest BCUT2D eigenvalue weighted by Crippen LogP contribution is -2.26. The molecule has 0 spiro atoms. The Labute approximate surface area is 150 Å². The van der Waals surface area contributed by atoms with Crippen LogP contribution < -0.4 is 10.7 Å². The summed E-state index contributed by atoms with van der Waals surface area (Å²) in [6.45, 7) is 2.59. The highest BCUT2D eigenvalue weighted by Crippen LogP contribution is 2.13. The summed E-state index contributed by atoms with van der Waals surface area (Å²) in [5, 5.41) is 3.27. The van der Waals surface area contributed by atoms with Crippen LogP contribution in [-0.4, -0.2) is 18.2 Å². The highest BCUT2D eigenvalue weighted by atomic mass is 32.2. The quantitative estimate of drug-likeness (QED) is 0.686. The first-order valence-electron chi connectivity index (χ1n) is 8.08. The smallest absolute Gasteiger partial charge is 0.287 e. The Morgan fingerprint density at radius 1 is 1.12 bits per heavy atom. The van der Waals surface area contributed by atoms with Crippen molar-refractivity contribution in [2.24, 2.45) is 0 Å². The van der Waals surface area contributed by atoms with Crippen molar-refractivity contribution in [2.75, 3.05) is 12.3 Å². The molecule has 3 aromatic rings. The maximum Gasteiger partial charge on any atom is 0.287 e. The lowest BCUT2D eigenvalue weighted by molar-refractivity contribution is 0.0929. The molecule has 25 heavy (non-hydrogen) atoms. The molecule has 0 saturated carbocycles. The van der Waals surface area contributed by atoms with Gasteiger partial charge in [-0.05, 0) is 24.6 Å². The van der Waals surface area contributed by atoms with E-state index in [-0.39, 0.29) is 17.1 Å². The molecule has 1 heterocycles. The minimum Gasteiger partial charge on any atom is -0.451 e. The molecule has 3 rings (SSSR count). The van der Waals surface area contributed by atoms with Gasteiger partial charge in [-0.2, -0.15) is 11.8 Å². The van der Waals surface area contributed by atoms with Crippen LogP contribution in [0.4, 0.5) is 0 Å². The fraction of sp³-hybridized carbons (Fsp3) is 0.200. The Kier molecular flexibility index (Phi) is 5.56. The van der Waals surface area contributed by atoms with Crippen molar-refractivity contribution in [3.63, 3.8) is 0 Å². The lowest BCUT2D eigenvalue weighted by Gasteiger charge is -2.06.